The van der Waals surface area contributed by atoms with E-state index in [1.165, 1.54) is 0 Å². The van der Waals surface area contributed by atoms with Gasteiger partial charge in [0.2, 0.25) is 0 Å². The van der Waals surface area contributed by atoms with Crippen molar-refractivity contribution in [2.24, 2.45) is 0 Å². The fraction of sp³-hybridized carbons (Fsp3) is 0.455. The van der Waals surface area contributed by atoms with E-state index >= 15 is 0 Å². The lowest BCUT2D eigenvalue weighted by Gasteiger charge is -2.12. The Bertz CT molecular complexity index is 691. The normalized spacial score (nSPS) is 15.1. The van der Waals surface area contributed by atoms with Crippen molar-refractivity contribution >= 4 is 21.5 Å². The van der Waals surface area contributed by atoms with Crippen molar-refractivity contribution in [3.63, 3.8) is 0 Å². The van der Waals surface area contributed by atoms with Crippen molar-refractivity contribution in [3.05, 3.63) is 29.4 Å². The Morgan fingerprint density at radius 1 is 1.42 bits per heavy atom. The number of phosphoric acid groups is 2. The molecular formula is C11H20N4O7P2. The van der Waals surface area contributed by atoms with Crippen LogP contribution in [0.4, 0.5) is 5.82 Å². The third-order valence-corrected chi connectivity index (χ3v) is 4.79. The summed E-state index contributed by atoms with van der Waals surface area (Å²) in [6.45, 7) is 3.63. The minimum atomic E-state index is -5.10. The molecule has 0 radical (unpaired) electrons. The molecule has 0 aliphatic heterocycles. The zero-order valence-corrected chi connectivity index (χ0v) is 14.9. The number of phosphoric ester groups is 1. The van der Waals surface area contributed by atoms with Gasteiger partial charge in [0.05, 0.1) is 6.61 Å². The van der Waals surface area contributed by atoms with E-state index in [-0.39, 0.29) is 13.0 Å². The third kappa shape index (κ3) is 8.51. The highest BCUT2D eigenvalue weighted by Crippen LogP contribution is 2.57. The van der Waals surface area contributed by atoms with E-state index in [2.05, 4.69) is 24.1 Å². The lowest BCUT2D eigenvalue weighted by Crippen LogP contribution is -2.13. The zero-order valence-electron chi connectivity index (χ0n) is 13.1. The maximum atomic E-state index is 11.2. The van der Waals surface area contributed by atoms with E-state index < -0.39 is 15.6 Å². The highest BCUT2D eigenvalue weighted by molar-refractivity contribution is 7.60. The number of hydrogen-bond donors (Lipinski definition) is 5. The first kappa shape index (κ1) is 20.7. The summed E-state index contributed by atoms with van der Waals surface area (Å²) in [7, 11) is -9.89. The van der Waals surface area contributed by atoms with Gasteiger partial charge in [-0.25, -0.2) is 19.1 Å². The van der Waals surface area contributed by atoms with Crippen molar-refractivity contribution in [1.82, 2.24) is 15.3 Å². The van der Waals surface area contributed by atoms with Crippen molar-refractivity contribution < 1.29 is 32.6 Å². The summed E-state index contributed by atoms with van der Waals surface area (Å²) in [5, 5.41) is 3.05. The zero-order chi connectivity index (χ0) is 18.4. The molecular weight excluding hydrogens is 362 g/mol. The number of nitrogen functional groups attached to an aromatic ring is 1. The van der Waals surface area contributed by atoms with Crippen LogP contribution in [-0.4, -0.2) is 31.3 Å². The molecule has 1 aromatic rings. The highest BCUT2D eigenvalue weighted by atomic mass is 31.3. The molecule has 6 N–H and O–H groups in total. The van der Waals surface area contributed by atoms with Gasteiger partial charge in [-0.2, -0.15) is 4.31 Å². The van der Waals surface area contributed by atoms with Crippen molar-refractivity contribution in [2.75, 3.05) is 12.3 Å². The predicted octanol–water partition coefficient (Wildman–Crippen LogP) is 0.977. The van der Waals surface area contributed by atoms with Crippen molar-refractivity contribution in [2.45, 2.75) is 26.8 Å². The number of allylic oxidation sites excluding steroid dienone is 1. The Morgan fingerprint density at radius 3 is 2.67 bits per heavy atom. The summed E-state index contributed by atoms with van der Waals surface area (Å²) < 4.78 is 29.8. The van der Waals surface area contributed by atoms with E-state index in [1.807, 2.05) is 0 Å². The van der Waals surface area contributed by atoms with Gasteiger partial charge in [0, 0.05) is 24.0 Å². The number of nitrogens with zero attached hydrogens (tertiary/aromatic N) is 2. The van der Waals surface area contributed by atoms with Crippen LogP contribution in [-0.2, 0) is 24.5 Å². The highest BCUT2D eigenvalue weighted by Gasteiger charge is 2.31. The summed E-state index contributed by atoms with van der Waals surface area (Å²) in [5.74, 6) is 0.952. The molecule has 0 fully saturated rings. The molecule has 11 nitrogen and oxygen atoms in total. The number of nitrogens with two attached hydrogens (primary N) is 1. The predicted molar refractivity (Wildman–Crippen MR) is 85.3 cm³/mol. The van der Waals surface area contributed by atoms with Gasteiger partial charge in [0.1, 0.15) is 11.6 Å². The maximum absolute atomic E-state index is 11.2. The fourth-order valence-electron chi connectivity index (χ4n) is 1.56. The molecule has 0 bridgehead atoms. The largest absolute Gasteiger partial charge is 0.481 e. The van der Waals surface area contributed by atoms with Crippen LogP contribution in [0.3, 0.4) is 0 Å². The molecule has 0 saturated heterocycles. The van der Waals surface area contributed by atoms with Gasteiger partial charge in [-0.1, -0.05) is 6.08 Å². The summed E-state index contributed by atoms with van der Waals surface area (Å²) in [5.41, 5.74) is 7.22. The SMILES string of the molecule is C/C(=C\CCOP(=O)(O)OP(=O)(O)O)NCc1cnc(C)nc1N. The van der Waals surface area contributed by atoms with Gasteiger partial charge in [-0.3, -0.25) is 4.52 Å². The first-order valence-electron chi connectivity index (χ1n) is 6.71. The lowest BCUT2D eigenvalue weighted by atomic mass is 10.3. The van der Waals surface area contributed by atoms with Crippen LogP contribution in [0.15, 0.2) is 18.0 Å². The minimum Gasteiger partial charge on any atom is -0.385 e. The third-order valence-electron chi connectivity index (χ3n) is 2.61. The molecule has 0 aliphatic carbocycles. The molecule has 0 aromatic carbocycles. The smallest absolute Gasteiger partial charge is 0.385 e. The van der Waals surface area contributed by atoms with Gasteiger partial charge in [-0.05, 0) is 20.3 Å². The Morgan fingerprint density at radius 2 is 2.08 bits per heavy atom. The molecule has 0 saturated carbocycles. The topological polar surface area (TPSA) is 177 Å². The van der Waals surface area contributed by atoms with Crippen molar-refractivity contribution in [3.8, 4) is 0 Å². The summed E-state index contributed by atoms with van der Waals surface area (Å²) >= 11 is 0. The first-order chi connectivity index (χ1) is 11.0. The number of anilines is 1. The average molecular weight is 382 g/mol. The summed E-state index contributed by atoms with van der Waals surface area (Å²) in [6.07, 6.45) is 3.50. The maximum Gasteiger partial charge on any atom is 0.481 e. The van der Waals surface area contributed by atoms with Gasteiger partial charge < -0.3 is 25.7 Å². The standard InChI is InChI=1S/C11H20N4O7P2/c1-8(13-6-10-7-14-9(2)15-11(10)12)4-3-5-21-24(19,20)22-23(16,17)18/h4,7,13H,3,5-6H2,1-2H3,(H,19,20)(H2,12,14,15)(H2,16,17,18)/b8-4+. The molecule has 24 heavy (non-hydrogen) atoms. The molecule has 0 amide bonds. The van der Waals surface area contributed by atoms with Crippen LogP contribution in [0, 0.1) is 6.92 Å². The molecule has 1 aromatic heterocycles. The number of rotatable bonds is 9. The second-order valence-electron chi connectivity index (χ2n) is 4.73. The minimum absolute atomic E-state index is 0.216. The number of aryl methyl sites for hydroxylation is 1. The van der Waals surface area contributed by atoms with Crippen LogP contribution < -0.4 is 11.1 Å². The molecule has 1 heterocycles. The van der Waals surface area contributed by atoms with Gasteiger partial charge in [0.25, 0.3) is 0 Å². The summed E-state index contributed by atoms with van der Waals surface area (Å²) in [6, 6.07) is 0. The van der Waals surface area contributed by atoms with Crippen LogP contribution >= 0.6 is 15.6 Å². The Labute approximate surface area is 138 Å². The first-order valence-corrected chi connectivity index (χ1v) is 9.74. The quantitative estimate of drug-likeness (QED) is 0.304. The Balaban J connectivity index is 2.40. The monoisotopic (exact) mass is 382 g/mol. The van der Waals surface area contributed by atoms with E-state index in [4.69, 9.17) is 20.4 Å². The Hall–Kier alpha value is -1.32. The van der Waals surface area contributed by atoms with Gasteiger partial charge in [0.15, 0.2) is 0 Å². The Kier molecular flexibility index (Phi) is 7.50. The number of aromatic nitrogens is 2. The van der Waals surface area contributed by atoms with E-state index in [0.717, 1.165) is 11.3 Å². The second kappa shape index (κ2) is 8.68. The average Bonchev–Trinajstić information content (AvgIpc) is 2.40. The van der Waals surface area contributed by atoms with Gasteiger partial charge in [-0.15, -0.1) is 0 Å². The lowest BCUT2D eigenvalue weighted by molar-refractivity contribution is 0.180. The number of nitrogens with one attached hydrogen (secondary N) is 1. The molecule has 0 aliphatic rings. The van der Waals surface area contributed by atoms with Crippen LogP contribution in [0.2, 0.25) is 0 Å². The molecule has 1 unspecified atom stereocenters. The van der Waals surface area contributed by atoms with Crippen LogP contribution in [0.25, 0.3) is 0 Å². The van der Waals surface area contributed by atoms with E-state index in [1.54, 1.807) is 26.1 Å². The van der Waals surface area contributed by atoms with E-state index in [0.29, 0.717) is 18.2 Å². The molecule has 1 atom stereocenters. The summed E-state index contributed by atoms with van der Waals surface area (Å²) in [4.78, 5) is 34.1. The second-order valence-corrected chi connectivity index (χ2v) is 7.56. The van der Waals surface area contributed by atoms with Gasteiger partial charge >= 0.3 is 15.6 Å². The van der Waals surface area contributed by atoms with E-state index in [9.17, 15) is 9.13 Å². The molecule has 13 heteroatoms. The van der Waals surface area contributed by atoms with Crippen LogP contribution in [0.5, 0.6) is 0 Å². The van der Waals surface area contributed by atoms with Crippen LogP contribution in [0.1, 0.15) is 24.7 Å². The van der Waals surface area contributed by atoms with Crippen molar-refractivity contribution in [1.29, 1.82) is 0 Å². The fourth-order valence-corrected chi connectivity index (χ4v) is 3.16. The molecule has 1 rings (SSSR count). The molecule has 136 valence electrons. The molecule has 0 spiro atoms. The number of hydrogen-bond acceptors (Lipinski definition) is 8.